The minimum absolute atomic E-state index is 0.0638. The van der Waals surface area contributed by atoms with Crippen LogP contribution in [-0.2, 0) is 19.5 Å². The molecule has 0 spiro atoms. The molecule has 0 unspecified atom stereocenters. The Morgan fingerprint density at radius 3 is 2.65 bits per heavy atom. The van der Waals surface area contributed by atoms with Gasteiger partial charge in [0.1, 0.15) is 10.7 Å². The number of rotatable bonds is 5. The maximum atomic E-state index is 12.9. The molecule has 0 saturated carbocycles. The van der Waals surface area contributed by atoms with E-state index in [0.29, 0.717) is 17.8 Å². The number of benzene rings is 1. The molecule has 0 radical (unpaired) electrons. The molecule has 1 aromatic carbocycles. The highest BCUT2D eigenvalue weighted by atomic mass is 32.1. The molecule has 1 aliphatic heterocycles. The van der Waals surface area contributed by atoms with Gasteiger partial charge in [-0.25, -0.2) is 4.98 Å². The zero-order chi connectivity index (χ0) is 21.5. The molecule has 31 heavy (non-hydrogen) atoms. The van der Waals surface area contributed by atoms with Gasteiger partial charge in [-0.15, -0.1) is 22.7 Å². The predicted molar refractivity (Wildman–Crippen MR) is 126 cm³/mol. The summed E-state index contributed by atoms with van der Waals surface area (Å²) in [7, 11) is 3.31. The Morgan fingerprint density at radius 1 is 1.16 bits per heavy atom. The third-order valence-electron chi connectivity index (χ3n) is 5.67. The van der Waals surface area contributed by atoms with Crippen molar-refractivity contribution in [3.8, 4) is 21.9 Å². The van der Waals surface area contributed by atoms with Gasteiger partial charge in [0.15, 0.2) is 11.5 Å². The van der Waals surface area contributed by atoms with E-state index in [2.05, 4.69) is 35.0 Å². The number of hydrogen-bond donors (Lipinski definition) is 1. The number of H-pyrrole nitrogens is 1. The van der Waals surface area contributed by atoms with E-state index in [1.54, 1.807) is 25.6 Å². The van der Waals surface area contributed by atoms with Crippen LogP contribution in [-0.4, -0.2) is 35.6 Å². The zero-order valence-electron chi connectivity index (χ0n) is 17.7. The SMILES string of the molecule is COc1cc2c(cc1OC)CN(Cc1nc3scc(-c4ccc(C)s4)c3c(=O)[nH]1)CC2. The number of aryl methyl sites for hydroxylation is 1. The average Bonchev–Trinajstić information content (AvgIpc) is 3.39. The second-order valence-corrected chi connectivity index (χ2v) is 9.84. The second-order valence-electron chi connectivity index (χ2n) is 7.69. The van der Waals surface area contributed by atoms with Gasteiger partial charge in [0.2, 0.25) is 0 Å². The molecule has 160 valence electrons. The van der Waals surface area contributed by atoms with Crippen LogP contribution in [0, 0.1) is 6.92 Å². The van der Waals surface area contributed by atoms with Crippen LogP contribution < -0.4 is 15.0 Å². The summed E-state index contributed by atoms with van der Waals surface area (Å²) in [6, 6.07) is 8.27. The van der Waals surface area contributed by atoms with E-state index in [0.717, 1.165) is 46.3 Å². The van der Waals surface area contributed by atoms with E-state index >= 15 is 0 Å². The second kappa shape index (κ2) is 8.11. The van der Waals surface area contributed by atoms with Crippen molar-refractivity contribution in [3.05, 3.63) is 61.8 Å². The van der Waals surface area contributed by atoms with Gasteiger partial charge in [-0.2, -0.15) is 0 Å². The summed E-state index contributed by atoms with van der Waals surface area (Å²) in [6.45, 7) is 4.35. The lowest BCUT2D eigenvalue weighted by Crippen LogP contribution is -2.31. The van der Waals surface area contributed by atoms with Crippen LogP contribution in [0.3, 0.4) is 0 Å². The fraction of sp³-hybridized carbons (Fsp3) is 0.304. The third kappa shape index (κ3) is 3.75. The monoisotopic (exact) mass is 453 g/mol. The molecule has 1 N–H and O–H groups in total. The summed E-state index contributed by atoms with van der Waals surface area (Å²) in [5.74, 6) is 2.21. The van der Waals surface area contributed by atoms with E-state index < -0.39 is 0 Å². The van der Waals surface area contributed by atoms with E-state index in [-0.39, 0.29) is 5.56 Å². The maximum Gasteiger partial charge on any atom is 0.260 e. The summed E-state index contributed by atoms with van der Waals surface area (Å²) in [4.78, 5) is 26.2. The Labute approximate surface area is 188 Å². The first-order valence-electron chi connectivity index (χ1n) is 10.1. The molecule has 1 aliphatic rings. The Hall–Kier alpha value is -2.68. The standard InChI is InChI=1S/C23H23N3O3S2/c1-13-4-5-19(31-13)16-12-30-23-21(16)22(27)24-20(25-23)11-26-7-6-14-8-17(28-2)18(29-3)9-15(14)10-26/h4-5,8-9,12H,6-7,10-11H2,1-3H3,(H,24,25,27). The number of aromatic amines is 1. The van der Waals surface area contributed by atoms with Crippen LogP contribution in [0.5, 0.6) is 11.5 Å². The molecule has 4 aromatic rings. The molecular weight excluding hydrogens is 430 g/mol. The van der Waals surface area contributed by atoms with Crippen LogP contribution >= 0.6 is 22.7 Å². The zero-order valence-corrected chi connectivity index (χ0v) is 19.3. The molecule has 0 atom stereocenters. The molecule has 0 aliphatic carbocycles. The number of thiophene rings is 2. The Kier molecular flexibility index (Phi) is 5.29. The molecule has 8 heteroatoms. The molecule has 5 rings (SSSR count). The number of aromatic nitrogens is 2. The summed E-state index contributed by atoms with van der Waals surface area (Å²) in [5.41, 5.74) is 3.41. The van der Waals surface area contributed by atoms with Crippen LogP contribution in [0.4, 0.5) is 0 Å². The predicted octanol–water partition coefficient (Wildman–Crippen LogP) is 4.60. The Bertz CT molecular complexity index is 1320. The van der Waals surface area contributed by atoms with Gasteiger partial charge in [-0.3, -0.25) is 9.69 Å². The van der Waals surface area contributed by atoms with Gasteiger partial charge >= 0.3 is 0 Å². The van der Waals surface area contributed by atoms with Gasteiger partial charge in [-0.1, -0.05) is 0 Å². The van der Waals surface area contributed by atoms with E-state index in [9.17, 15) is 4.79 Å². The topological polar surface area (TPSA) is 67.5 Å². The van der Waals surface area contributed by atoms with Crippen molar-refractivity contribution >= 4 is 32.9 Å². The molecule has 4 heterocycles. The largest absolute Gasteiger partial charge is 0.493 e. The van der Waals surface area contributed by atoms with Crippen molar-refractivity contribution in [3.63, 3.8) is 0 Å². The van der Waals surface area contributed by atoms with Crippen LogP contribution in [0.2, 0.25) is 0 Å². The van der Waals surface area contributed by atoms with Gasteiger partial charge in [0, 0.05) is 33.8 Å². The third-order valence-corrected chi connectivity index (χ3v) is 7.58. The molecule has 6 nitrogen and oxygen atoms in total. The Balaban J connectivity index is 1.41. The van der Waals surface area contributed by atoms with E-state index in [1.165, 1.54) is 27.3 Å². The van der Waals surface area contributed by atoms with Crippen molar-refractivity contribution in [2.75, 3.05) is 20.8 Å². The molecular formula is C23H23N3O3S2. The molecule has 0 saturated heterocycles. The van der Waals surface area contributed by atoms with Crippen LogP contribution in [0.15, 0.2) is 34.4 Å². The lowest BCUT2D eigenvalue weighted by Gasteiger charge is -2.29. The van der Waals surface area contributed by atoms with Crippen molar-refractivity contribution in [1.29, 1.82) is 0 Å². The highest BCUT2D eigenvalue weighted by molar-refractivity contribution is 7.19. The van der Waals surface area contributed by atoms with Crippen LogP contribution in [0.25, 0.3) is 20.7 Å². The summed E-state index contributed by atoms with van der Waals surface area (Å²) in [5, 5.41) is 2.73. The average molecular weight is 454 g/mol. The van der Waals surface area contributed by atoms with Gasteiger partial charge in [0.25, 0.3) is 5.56 Å². The normalized spacial score (nSPS) is 14.0. The van der Waals surface area contributed by atoms with Gasteiger partial charge in [0.05, 0.1) is 26.2 Å². The number of nitrogens with one attached hydrogen (secondary N) is 1. The van der Waals surface area contributed by atoms with Crippen molar-refractivity contribution in [1.82, 2.24) is 14.9 Å². The van der Waals surface area contributed by atoms with Crippen molar-refractivity contribution in [2.24, 2.45) is 0 Å². The van der Waals surface area contributed by atoms with Gasteiger partial charge < -0.3 is 14.5 Å². The summed E-state index contributed by atoms with van der Waals surface area (Å²) in [6.07, 6.45) is 0.920. The molecule has 3 aromatic heterocycles. The first-order chi connectivity index (χ1) is 15.1. The molecule has 0 bridgehead atoms. The van der Waals surface area contributed by atoms with Crippen molar-refractivity contribution < 1.29 is 9.47 Å². The quantitative estimate of drug-likeness (QED) is 0.478. The number of fused-ring (bicyclic) bond motifs is 2. The molecule has 0 fully saturated rings. The number of ether oxygens (including phenoxy) is 2. The van der Waals surface area contributed by atoms with Crippen molar-refractivity contribution in [2.45, 2.75) is 26.4 Å². The number of methoxy groups -OCH3 is 2. The van der Waals surface area contributed by atoms with Gasteiger partial charge in [-0.05, 0) is 48.7 Å². The van der Waals surface area contributed by atoms with E-state index in [4.69, 9.17) is 14.5 Å². The van der Waals surface area contributed by atoms with E-state index in [1.807, 2.05) is 11.4 Å². The Morgan fingerprint density at radius 2 is 1.94 bits per heavy atom. The van der Waals surface area contributed by atoms with Crippen LogP contribution in [0.1, 0.15) is 21.8 Å². The smallest absolute Gasteiger partial charge is 0.260 e. The highest BCUT2D eigenvalue weighted by Gasteiger charge is 2.21. The minimum atomic E-state index is -0.0638. The maximum absolute atomic E-state index is 12.9. The highest BCUT2D eigenvalue weighted by Crippen LogP contribution is 2.36. The lowest BCUT2D eigenvalue weighted by atomic mass is 9.99. The number of nitrogens with zero attached hydrogens (tertiary/aromatic N) is 2. The minimum Gasteiger partial charge on any atom is -0.493 e. The lowest BCUT2D eigenvalue weighted by molar-refractivity contribution is 0.238. The fourth-order valence-corrected chi connectivity index (χ4v) is 6.04. The summed E-state index contributed by atoms with van der Waals surface area (Å²) < 4.78 is 10.9. The number of hydrogen-bond acceptors (Lipinski definition) is 7. The first-order valence-corrected chi connectivity index (χ1v) is 11.8. The first kappa shape index (κ1) is 20.2. The summed E-state index contributed by atoms with van der Waals surface area (Å²) >= 11 is 3.23. The molecule has 0 amide bonds. The fourth-order valence-electron chi connectivity index (χ4n) is 4.12.